The molecule has 1 aliphatic rings. The quantitative estimate of drug-likeness (QED) is 0.683. The molecule has 7 nitrogen and oxygen atoms in total. The van der Waals surface area contributed by atoms with Crippen LogP contribution in [0.1, 0.15) is 44.6 Å². The lowest BCUT2D eigenvalue weighted by molar-refractivity contribution is -0.123. The van der Waals surface area contributed by atoms with Crippen LogP contribution in [0, 0.1) is 23.1 Å². The van der Waals surface area contributed by atoms with Gasteiger partial charge in [-0.25, -0.2) is 9.18 Å². The Morgan fingerprint density at radius 1 is 1.41 bits per heavy atom. The minimum Gasteiger partial charge on any atom is -0.496 e. The highest BCUT2D eigenvalue weighted by Gasteiger charge is 2.29. The van der Waals surface area contributed by atoms with E-state index in [1.54, 1.807) is 18.1 Å². The van der Waals surface area contributed by atoms with Crippen molar-refractivity contribution in [3.05, 3.63) is 29.6 Å². The lowest BCUT2D eigenvalue weighted by Gasteiger charge is -2.34. The summed E-state index contributed by atoms with van der Waals surface area (Å²) in [6.45, 7) is 4.80. The zero-order valence-corrected chi connectivity index (χ0v) is 17.2. The van der Waals surface area contributed by atoms with Crippen LogP contribution in [-0.4, -0.2) is 49.6 Å². The third kappa shape index (κ3) is 6.34. The topological polar surface area (TPSA) is 94.5 Å². The zero-order chi connectivity index (χ0) is 21.4. The van der Waals surface area contributed by atoms with Crippen LogP contribution < -0.4 is 15.4 Å². The molecule has 29 heavy (non-hydrogen) atoms. The molecule has 158 valence electrons. The summed E-state index contributed by atoms with van der Waals surface area (Å²) < 4.78 is 19.1. The number of carbonyl (C=O) groups excluding carboxylic acids is 2. The molecule has 0 bridgehead atoms. The van der Waals surface area contributed by atoms with E-state index in [2.05, 4.69) is 10.6 Å². The van der Waals surface area contributed by atoms with Crippen molar-refractivity contribution in [2.45, 2.75) is 45.1 Å². The molecule has 0 radical (unpaired) electrons. The average Bonchev–Trinajstić information content (AvgIpc) is 2.71. The molecule has 1 aromatic rings. The van der Waals surface area contributed by atoms with Crippen LogP contribution in [0.4, 0.5) is 9.18 Å². The minimum atomic E-state index is -0.708. The van der Waals surface area contributed by atoms with Crippen molar-refractivity contribution >= 4 is 11.9 Å². The first-order valence-electron chi connectivity index (χ1n) is 9.89. The van der Waals surface area contributed by atoms with E-state index in [-0.39, 0.29) is 36.1 Å². The average molecular weight is 404 g/mol. The number of piperidine rings is 1. The molecule has 0 spiro atoms. The molecular formula is C21H29FN4O3. The Kier molecular flexibility index (Phi) is 8.25. The normalized spacial score (nSPS) is 17.4. The first kappa shape index (κ1) is 22.5. The van der Waals surface area contributed by atoms with Gasteiger partial charge in [-0.15, -0.1) is 0 Å². The van der Waals surface area contributed by atoms with Crippen LogP contribution in [0.5, 0.6) is 5.75 Å². The largest absolute Gasteiger partial charge is 0.496 e. The highest BCUT2D eigenvalue weighted by Crippen LogP contribution is 2.33. The van der Waals surface area contributed by atoms with Crippen LogP contribution in [0.2, 0.25) is 0 Å². The fourth-order valence-corrected chi connectivity index (χ4v) is 3.63. The molecule has 2 rings (SSSR count). The predicted octanol–water partition coefficient (Wildman–Crippen LogP) is 2.78. The number of hydrogen-bond donors (Lipinski definition) is 2. The molecule has 1 saturated heterocycles. The van der Waals surface area contributed by atoms with Crippen LogP contribution in [0.3, 0.4) is 0 Å². The zero-order valence-electron chi connectivity index (χ0n) is 17.2. The third-order valence-corrected chi connectivity index (χ3v) is 5.00. The van der Waals surface area contributed by atoms with Crippen LogP contribution in [0.25, 0.3) is 0 Å². The number of nitrogens with one attached hydrogen (secondary N) is 2. The molecule has 1 fully saturated rings. The van der Waals surface area contributed by atoms with Gasteiger partial charge in [0.25, 0.3) is 0 Å². The summed E-state index contributed by atoms with van der Waals surface area (Å²) in [4.78, 5) is 26.8. The van der Waals surface area contributed by atoms with Crippen molar-refractivity contribution in [2.75, 3.05) is 26.7 Å². The number of benzene rings is 1. The molecule has 0 aliphatic carbocycles. The van der Waals surface area contributed by atoms with Gasteiger partial charge in [0.05, 0.1) is 13.2 Å². The number of halogens is 1. The number of likely N-dealkylation sites (tertiary alicyclic amines) is 1. The second-order valence-corrected chi connectivity index (χ2v) is 7.68. The van der Waals surface area contributed by atoms with Gasteiger partial charge in [-0.2, -0.15) is 5.26 Å². The number of carbonyl (C=O) groups is 2. The molecule has 2 atom stereocenters. The Balaban J connectivity index is 2.08. The van der Waals surface area contributed by atoms with Crippen molar-refractivity contribution < 1.29 is 18.7 Å². The van der Waals surface area contributed by atoms with E-state index in [1.165, 1.54) is 12.1 Å². The maximum atomic E-state index is 13.8. The van der Waals surface area contributed by atoms with Gasteiger partial charge in [-0.05, 0) is 43.4 Å². The number of ether oxygens (including phenoxy) is 1. The van der Waals surface area contributed by atoms with E-state index >= 15 is 0 Å². The van der Waals surface area contributed by atoms with Gasteiger partial charge in [-0.3, -0.25) is 4.79 Å². The number of hydrogen-bond acceptors (Lipinski definition) is 4. The van der Waals surface area contributed by atoms with Gasteiger partial charge in [0.1, 0.15) is 24.2 Å². The molecule has 0 aromatic heterocycles. The maximum absolute atomic E-state index is 13.8. The van der Waals surface area contributed by atoms with Crippen molar-refractivity contribution in [2.24, 2.45) is 5.92 Å². The first-order chi connectivity index (χ1) is 13.8. The Morgan fingerprint density at radius 2 is 2.17 bits per heavy atom. The van der Waals surface area contributed by atoms with E-state index in [0.29, 0.717) is 25.3 Å². The number of amides is 3. The lowest BCUT2D eigenvalue weighted by Crippen LogP contribution is -2.53. The molecule has 8 heteroatoms. The Morgan fingerprint density at radius 3 is 2.83 bits per heavy atom. The molecule has 3 amide bonds. The van der Waals surface area contributed by atoms with E-state index in [0.717, 1.165) is 18.4 Å². The first-order valence-corrected chi connectivity index (χ1v) is 9.89. The lowest BCUT2D eigenvalue weighted by atomic mass is 9.90. The minimum absolute atomic E-state index is 0.0453. The maximum Gasteiger partial charge on any atom is 0.318 e. The Bertz CT molecular complexity index is 763. The van der Waals surface area contributed by atoms with Crippen LogP contribution >= 0.6 is 0 Å². The Labute approximate surface area is 171 Å². The van der Waals surface area contributed by atoms with Gasteiger partial charge < -0.3 is 20.3 Å². The summed E-state index contributed by atoms with van der Waals surface area (Å²) in [6, 6.07) is 5.24. The molecule has 0 saturated carbocycles. The highest BCUT2D eigenvalue weighted by atomic mass is 19.1. The van der Waals surface area contributed by atoms with E-state index in [1.807, 2.05) is 19.9 Å². The van der Waals surface area contributed by atoms with Gasteiger partial charge in [0.15, 0.2) is 0 Å². The number of nitrogens with zero attached hydrogens (tertiary/aromatic N) is 2. The second kappa shape index (κ2) is 10.6. The standard InChI is InChI=1S/C21H29FN4O3/c1-14(2)11-18(20(27)24-9-8-23)25-21(28)26-10-4-5-15(13-26)17-12-16(22)6-7-19(17)29-3/h6-7,12,14-15,18H,4-5,9-11,13H2,1-3H3,(H,24,27)(H,25,28). The summed E-state index contributed by atoms with van der Waals surface area (Å²) in [7, 11) is 1.54. The van der Waals surface area contributed by atoms with Crippen molar-refractivity contribution in [1.29, 1.82) is 5.26 Å². The molecule has 2 unspecified atom stereocenters. The summed E-state index contributed by atoms with van der Waals surface area (Å²) in [5.41, 5.74) is 0.746. The van der Waals surface area contributed by atoms with Crippen molar-refractivity contribution in [1.82, 2.24) is 15.5 Å². The summed E-state index contributed by atoms with van der Waals surface area (Å²) in [5.74, 6) is 0.0460. The summed E-state index contributed by atoms with van der Waals surface area (Å²) in [6.07, 6.45) is 2.06. The number of urea groups is 1. The van der Waals surface area contributed by atoms with Gasteiger partial charge in [0.2, 0.25) is 5.91 Å². The van der Waals surface area contributed by atoms with Gasteiger partial charge in [0, 0.05) is 24.6 Å². The van der Waals surface area contributed by atoms with E-state index in [9.17, 15) is 14.0 Å². The van der Waals surface area contributed by atoms with Gasteiger partial charge in [-0.1, -0.05) is 13.8 Å². The summed E-state index contributed by atoms with van der Waals surface area (Å²) >= 11 is 0. The van der Waals surface area contributed by atoms with Crippen LogP contribution in [-0.2, 0) is 4.79 Å². The predicted molar refractivity (Wildman–Crippen MR) is 107 cm³/mol. The second-order valence-electron chi connectivity index (χ2n) is 7.68. The number of rotatable bonds is 7. The highest BCUT2D eigenvalue weighted by molar-refractivity contribution is 5.87. The molecule has 2 N–H and O–H groups in total. The fourth-order valence-electron chi connectivity index (χ4n) is 3.63. The monoisotopic (exact) mass is 404 g/mol. The SMILES string of the molecule is COc1ccc(F)cc1C1CCCN(C(=O)NC(CC(C)C)C(=O)NCC#N)C1. The molecular weight excluding hydrogens is 375 g/mol. The fraction of sp³-hybridized carbons (Fsp3) is 0.571. The summed E-state index contributed by atoms with van der Waals surface area (Å²) in [5, 5.41) is 14.0. The van der Waals surface area contributed by atoms with E-state index < -0.39 is 6.04 Å². The number of nitriles is 1. The Hall–Kier alpha value is -2.82. The molecule has 1 aromatic carbocycles. The van der Waals surface area contributed by atoms with Crippen LogP contribution in [0.15, 0.2) is 18.2 Å². The number of methoxy groups -OCH3 is 1. The third-order valence-electron chi connectivity index (χ3n) is 5.00. The van der Waals surface area contributed by atoms with E-state index in [4.69, 9.17) is 10.00 Å². The van der Waals surface area contributed by atoms with Crippen molar-refractivity contribution in [3.63, 3.8) is 0 Å². The van der Waals surface area contributed by atoms with Gasteiger partial charge >= 0.3 is 6.03 Å². The smallest absolute Gasteiger partial charge is 0.318 e. The van der Waals surface area contributed by atoms with Crippen molar-refractivity contribution in [3.8, 4) is 11.8 Å². The molecule has 1 heterocycles. The molecule has 1 aliphatic heterocycles.